The van der Waals surface area contributed by atoms with E-state index < -0.39 is 18.3 Å². The van der Waals surface area contributed by atoms with Gasteiger partial charge in [0.15, 0.2) is 6.10 Å². The van der Waals surface area contributed by atoms with Gasteiger partial charge in [0.1, 0.15) is 6.61 Å². The minimum Gasteiger partial charge on any atom is -0.462 e. The van der Waals surface area contributed by atoms with Crippen molar-refractivity contribution >= 4 is 11.9 Å². The molecule has 0 fully saturated rings. The van der Waals surface area contributed by atoms with Gasteiger partial charge in [-0.2, -0.15) is 0 Å². The van der Waals surface area contributed by atoms with Gasteiger partial charge in [0, 0.05) is 12.8 Å². The summed E-state index contributed by atoms with van der Waals surface area (Å²) in [5.74, 6) is -0.693. The van der Waals surface area contributed by atoms with Crippen molar-refractivity contribution in [2.24, 2.45) is 0 Å². The van der Waals surface area contributed by atoms with E-state index in [-0.39, 0.29) is 31.6 Å². The van der Waals surface area contributed by atoms with Crippen LogP contribution in [0.15, 0.2) is 12.2 Å². The zero-order chi connectivity index (χ0) is 35.3. The lowest BCUT2D eigenvalue weighted by atomic mass is 10.0. The molecule has 0 saturated carbocycles. The monoisotopic (exact) mass is 683 g/mol. The summed E-state index contributed by atoms with van der Waals surface area (Å²) in [5.41, 5.74) is 0. The van der Waals surface area contributed by atoms with Crippen molar-refractivity contribution < 1.29 is 34.4 Å². The average molecular weight is 683 g/mol. The maximum Gasteiger partial charge on any atom is 0.306 e. The van der Waals surface area contributed by atoms with E-state index in [4.69, 9.17) is 9.47 Å². The lowest BCUT2D eigenvalue weighted by Crippen LogP contribution is -2.28. The number of allylic oxidation sites excluding steroid dienone is 1. The molecular weight excluding hydrogens is 604 g/mol. The van der Waals surface area contributed by atoms with Crippen LogP contribution in [0.1, 0.15) is 206 Å². The van der Waals surface area contributed by atoms with Gasteiger partial charge in [-0.25, -0.2) is 0 Å². The minimum atomic E-state index is -0.823. The summed E-state index contributed by atoms with van der Waals surface area (Å²) in [4.78, 5) is 24.3. The van der Waals surface area contributed by atoms with E-state index in [0.29, 0.717) is 25.7 Å². The van der Waals surface area contributed by atoms with Crippen LogP contribution in [0.5, 0.6) is 0 Å². The third-order valence-electron chi connectivity index (χ3n) is 9.26. The molecule has 0 heterocycles. The Morgan fingerprint density at radius 3 is 1.48 bits per heavy atom. The van der Waals surface area contributed by atoms with Crippen molar-refractivity contribution in [1.29, 1.82) is 0 Å². The molecule has 3 atom stereocenters. The molecule has 0 aliphatic heterocycles. The first-order valence-corrected chi connectivity index (χ1v) is 20.4. The van der Waals surface area contributed by atoms with Gasteiger partial charge in [0.2, 0.25) is 0 Å². The van der Waals surface area contributed by atoms with Crippen LogP contribution in [0.3, 0.4) is 0 Å². The Bertz CT molecular complexity index is 726. The molecular formula is C41H78O7. The summed E-state index contributed by atoms with van der Waals surface area (Å²) >= 11 is 0. The molecule has 48 heavy (non-hydrogen) atoms. The van der Waals surface area contributed by atoms with E-state index in [9.17, 15) is 24.9 Å². The first-order chi connectivity index (χ1) is 23.4. The van der Waals surface area contributed by atoms with Gasteiger partial charge in [0.25, 0.3) is 0 Å². The van der Waals surface area contributed by atoms with Gasteiger partial charge >= 0.3 is 11.9 Å². The molecule has 0 aliphatic carbocycles. The lowest BCUT2D eigenvalue weighted by Gasteiger charge is -2.16. The van der Waals surface area contributed by atoms with E-state index >= 15 is 0 Å². The van der Waals surface area contributed by atoms with Crippen LogP contribution in [-0.2, 0) is 19.1 Å². The van der Waals surface area contributed by atoms with E-state index in [2.05, 4.69) is 19.9 Å². The summed E-state index contributed by atoms with van der Waals surface area (Å²) in [6, 6.07) is 0. The first-order valence-electron chi connectivity index (χ1n) is 20.4. The highest BCUT2D eigenvalue weighted by molar-refractivity contribution is 5.70. The topological polar surface area (TPSA) is 113 Å². The fourth-order valence-electron chi connectivity index (χ4n) is 5.99. The van der Waals surface area contributed by atoms with Crippen molar-refractivity contribution in [2.75, 3.05) is 13.2 Å². The predicted molar refractivity (Wildman–Crippen MR) is 199 cm³/mol. The molecule has 7 heteroatoms. The number of ether oxygens (including phenoxy) is 2. The molecule has 0 amide bonds. The van der Waals surface area contributed by atoms with Crippen molar-refractivity contribution in [2.45, 2.75) is 225 Å². The second-order valence-corrected chi connectivity index (χ2v) is 14.0. The Balaban J connectivity index is 3.63. The molecule has 7 nitrogen and oxygen atoms in total. The Hall–Kier alpha value is -1.44. The van der Waals surface area contributed by atoms with E-state index in [1.165, 1.54) is 109 Å². The van der Waals surface area contributed by atoms with Crippen LogP contribution in [0, 0.1) is 0 Å². The molecule has 0 unspecified atom stereocenters. The molecule has 0 radical (unpaired) electrons. The van der Waals surface area contributed by atoms with E-state index in [1.807, 2.05) is 6.08 Å². The maximum absolute atomic E-state index is 12.2. The Kier molecular flexibility index (Phi) is 35.7. The zero-order valence-electron chi connectivity index (χ0n) is 31.5. The number of rotatable bonds is 37. The summed E-state index contributed by atoms with van der Waals surface area (Å²) in [6.07, 6.45) is 34.4. The highest BCUT2D eigenvalue weighted by Gasteiger charge is 2.16. The lowest BCUT2D eigenvalue weighted by molar-refractivity contribution is -0.161. The first kappa shape index (κ1) is 46.6. The second kappa shape index (κ2) is 36.8. The summed E-state index contributed by atoms with van der Waals surface area (Å²) in [6.45, 7) is 3.97. The number of unbranched alkanes of at least 4 members (excludes halogenated alkanes) is 23. The molecule has 0 aromatic heterocycles. The third-order valence-corrected chi connectivity index (χ3v) is 9.26. The van der Waals surface area contributed by atoms with Crippen molar-refractivity contribution in [3.8, 4) is 0 Å². The quantitative estimate of drug-likeness (QED) is 0.0339. The van der Waals surface area contributed by atoms with Crippen LogP contribution in [0.25, 0.3) is 0 Å². The van der Waals surface area contributed by atoms with Gasteiger partial charge in [-0.3, -0.25) is 9.59 Å². The third kappa shape index (κ3) is 33.1. The van der Waals surface area contributed by atoms with Crippen LogP contribution in [-0.4, -0.2) is 58.8 Å². The second-order valence-electron chi connectivity index (χ2n) is 14.0. The summed E-state index contributed by atoms with van der Waals surface area (Å²) in [7, 11) is 0. The van der Waals surface area contributed by atoms with Gasteiger partial charge < -0.3 is 24.8 Å². The van der Waals surface area contributed by atoms with E-state index in [0.717, 1.165) is 51.4 Å². The number of hydrogen-bond acceptors (Lipinski definition) is 7. The number of carbonyl (C=O) groups is 2. The molecule has 0 spiro atoms. The predicted octanol–water partition coefficient (Wildman–Crippen LogP) is 10.5. The summed E-state index contributed by atoms with van der Waals surface area (Å²) in [5, 5.41) is 29.8. The van der Waals surface area contributed by atoms with Gasteiger partial charge in [-0.05, 0) is 38.5 Å². The van der Waals surface area contributed by atoms with Crippen molar-refractivity contribution in [3.05, 3.63) is 12.2 Å². The fraction of sp³-hybridized carbons (Fsp3) is 0.902. The summed E-state index contributed by atoms with van der Waals surface area (Å²) < 4.78 is 10.6. The molecule has 0 aromatic rings. The average Bonchev–Trinajstić information content (AvgIpc) is 3.08. The number of aliphatic hydroxyl groups excluding tert-OH is 3. The Labute approximate surface area is 296 Å². The van der Waals surface area contributed by atoms with Crippen LogP contribution >= 0.6 is 0 Å². The van der Waals surface area contributed by atoms with Crippen molar-refractivity contribution in [1.82, 2.24) is 0 Å². The highest BCUT2D eigenvalue weighted by atomic mass is 16.6. The molecule has 0 saturated heterocycles. The zero-order valence-corrected chi connectivity index (χ0v) is 31.5. The van der Waals surface area contributed by atoms with Crippen LogP contribution < -0.4 is 0 Å². The number of esters is 2. The molecule has 284 valence electrons. The van der Waals surface area contributed by atoms with E-state index in [1.54, 1.807) is 0 Å². The molecule has 0 aromatic carbocycles. The normalized spacial score (nSPS) is 13.5. The molecule has 0 rings (SSSR count). The van der Waals surface area contributed by atoms with Crippen LogP contribution in [0.4, 0.5) is 0 Å². The van der Waals surface area contributed by atoms with Gasteiger partial charge in [-0.1, -0.05) is 167 Å². The maximum atomic E-state index is 12.2. The number of hydrogen-bond donors (Lipinski definition) is 3. The molecule has 0 bridgehead atoms. The largest absolute Gasteiger partial charge is 0.462 e. The van der Waals surface area contributed by atoms with Crippen molar-refractivity contribution in [3.63, 3.8) is 0 Å². The number of aliphatic hydroxyl groups is 3. The smallest absolute Gasteiger partial charge is 0.306 e. The Morgan fingerprint density at radius 1 is 0.542 bits per heavy atom. The Morgan fingerprint density at radius 2 is 0.979 bits per heavy atom. The van der Waals surface area contributed by atoms with Gasteiger partial charge in [0.05, 0.1) is 18.8 Å². The highest BCUT2D eigenvalue weighted by Crippen LogP contribution is 2.16. The molecule has 3 N–H and O–H groups in total. The standard InChI is InChI=1S/C41H78O7/c1-3-5-7-9-11-12-13-14-15-16-17-18-19-20-21-25-29-33-40(45)47-36-37(35-42)48-41(46)34-30-26-22-24-28-32-39(44)38(43)31-27-23-10-8-6-4-2/h23,27,37-39,42-44H,3-22,24-26,28-36H2,1-2H3/b27-23-/t37-,38-,39-/m0/s1. The number of carbonyl (C=O) groups excluding carboxylic acids is 2. The fourth-order valence-corrected chi connectivity index (χ4v) is 5.99. The van der Waals surface area contributed by atoms with Crippen LogP contribution in [0.2, 0.25) is 0 Å². The minimum absolute atomic E-state index is 0.108. The van der Waals surface area contributed by atoms with Gasteiger partial charge in [-0.15, -0.1) is 0 Å². The molecule has 0 aliphatic rings. The SMILES string of the molecule is CCCCC/C=C\C[C@H](O)[C@@H](O)CCCCCCCC(=O)O[C@@H](CO)COC(=O)CCCCCCCCCCCCCCCCCCC.